The highest BCUT2D eigenvalue weighted by Gasteiger charge is 2.19. The SMILES string of the molecule is C#CCCCOc1cc2c(cc1CC(N)CC)OCO2. The zero-order valence-corrected chi connectivity index (χ0v) is 11.9. The van der Waals surface area contributed by atoms with E-state index in [1.807, 2.05) is 12.1 Å². The van der Waals surface area contributed by atoms with E-state index in [0.717, 1.165) is 42.1 Å². The van der Waals surface area contributed by atoms with Gasteiger partial charge in [-0.3, -0.25) is 0 Å². The summed E-state index contributed by atoms with van der Waals surface area (Å²) >= 11 is 0. The van der Waals surface area contributed by atoms with Crippen LogP contribution in [0.2, 0.25) is 0 Å². The fourth-order valence-corrected chi connectivity index (χ4v) is 2.04. The minimum atomic E-state index is 0.114. The number of rotatable bonds is 7. The maximum atomic E-state index is 6.04. The summed E-state index contributed by atoms with van der Waals surface area (Å²) in [7, 11) is 0. The summed E-state index contributed by atoms with van der Waals surface area (Å²) in [6.07, 6.45) is 8.47. The lowest BCUT2D eigenvalue weighted by Crippen LogP contribution is -2.21. The molecule has 1 aliphatic rings. The van der Waals surface area contributed by atoms with E-state index in [4.69, 9.17) is 26.4 Å². The normalized spacial score (nSPS) is 13.8. The molecule has 0 aliphatic carbocycles. The molecule has 1 heterocycles. The van der Waals surface area contributed by atoms with Gasteiger partial charge in [0.25, 0.3) is 0 Å². The topological polar surface area (TPSA) is 53.7 Å². The average Bonchev–Trinajstić information content (AvgIpc) is 2.90. The number of ether oxygens (including phenoxy) is 3. The Morgan fingerprint density at radius 2 is 2.15 bits per heavy atom. The Balaban J connectivity index is 2.12. The van der Waals surface area contributed by atoms with Gasteiger partial charge in [0, 0.05) is 18.5 Å². The number of fused-ring (bicyclic) bond motifs is 1. The molecule has 108 valence electrons. The van der Waals surface area contributed by atoms with Crippen molar-refractivity contribution in [2.75, 3.05) is 13.4 Å². The maximum absolute atomic E-state index is 6.04. The van der Waals surface area contributed by atoms with Crippen molar-refractivity contribution in [3.05, 3.63) is 17.7 Å². The summed E-state index contributed by atoms with van der Waals surface area (Å²) in [5.74, 6) is 4.91. The fourth-order valence-electron chi connectivity index (χ4n) is 2.04. The number of unbranched alkanes of at least 4 members (excludes halogenated alkanes) is 1. The smallest absolute Gasteiger partial charge is 0.231 e. The van der Waals surface area contributed by atoms with Gasteiger partial charge >= 0.3 is 0 Å². The molecule has 4 heteroatoms. The third kappa shape index (κ3) is 3.58. The molecule has 0 spiro atoms. The molecule has 1 aromatic rings. The first-order chi connectivity index (χ1) is 9.74. The van der Waals surface area contributed by atoms with E-state index in [-0.39, 0.29) is 12.8 Å². The molecule has 2 N–H and O–H groups in total. The monoisotopic (exact) mass is 275 g/mol. The molecule has 0 radical (unpaired) electrons. The highest BCUT2D eigenvalue weighted by Crippen LogP contribution is 2.38. The first-order valence-electron chi connectivity index (χ1n) is 6.99. The van der Waals surface area contributed by atoms with E-state index < -0.39 is 0 Å². The van der Waals surface area contributed by atoms with Crippen molar-refractivity contribution in [3.63, 3.8) is 0 Å². The van der Waals surface area contributed by atoms with Gasteiger partial charge in [0.15, 0.2) is 11.5 Å². The summed E-state index contributed by atoms with van der Waals surface area (Å²) in [5, 5.41) is 0. The van der Waals surface area contributed by atoms with Gasteiger partial charge in [0.05, 0.1) is 6.61 Å². The second-order valence-electron chi connectivity index (χ2n) is 4.84. The Morgan fingerprint density at radius 3 is 2.85 bits per heavy atom. The maximum Gasteiger partial charge on any atom is 0.231 e. The third-order valence-corrected chi connectivity index (χ3v) is 3.29. The minimum Gasteiger partial charge on any atom is -0.493 e. The van der Waals surface area contributed by atoms with Crippen LogP contribution in [0.5, 0.6) is 17.2 Å². The molecular formula is C16H21NO3. The Morgan fingerprint density at radius 1 is 1.40 bits per heavy atom. The van der Waals surface area contributed by atoms with Gasteiger partial charge in [-0.1, -0.05) is 6.92 Å². The molecule has 4 nitrogen and oxygen atoms in total. The number of nitrogens with two attached hydrogens (primary N) is 1. The zero-order chi connectivity index (χ0) is 14.4. The molecular weight excluding hydrogens is 254 g/mol. The standard InChI is InChI=1S/C16H21NO3/c1-3-5-6-7-18-14-10-16-15(19-11-20-16)9-12(14)8-13(17)4-2/h1,9-10,13H,4-8,11,17H2,2H3. The first kappa shape index (κ1) is 14.5. The van der Waals surface area contributed by atoms with Gasteiger partial charge in [0.2, 0.25) is 6.79 Å². The van der Waals surface area contributed by atoms with Crippen molar-refractivity contribution in [1.82, 2.24) is 0 Å². The van der Waals surface area contributed by atoms with E-state index in [1.165, 1.54) is 0 Å². The molecule has 0 amide bonds. The van der Waals surface area contributed by atoms with Crippen molar-refractivity contribution >= 4 is 0 Å². The van der Waals surface area contributed by atoms with E-state index in [9.17, 15) is 0 Å². The van der Waals surface area contributed by atoms with Crippen LogP contribution in [0.3, 0.4) is 0 Å². The molecule has 1 aromatic carbocycles. The predicted molar refractivity (Wildman–Crippen MR) is 78.1 cm³/mol. The van der Waals surface area contributed by atoms with Crippen LogP contribution in [0.15, 0.2) is 12.1 Å². The van der Waals surface area contributed by atoms with Gasteiger partial charge in [-0.25, -0.2) is 0 Å². The number of benzene rings is 1. The van der Waals surface area contributed by atoms with E-state index in [2.05, 4.69) is 12.8 Å². The molecule has 0 fully saturated rings. The van der Waals surface area contributed by atoms with Crippen molar-refractivity contribution in [2.45, 2.75) is 38.6 Å². The van der Waals surface area contributed by atoms with E-state index in [1.54, 1.807) is 0 Å². The Hall–Kier alpha value is -1.86. The molecule has 1 unspecified atom stereocenters. The summed E-state index contributed by atoms with van der Waals surface area (Å²) in [6, 6.07) is 3.97. The van der Waals surface area contributed by atoms with Crippen LogP contribution in [0, 0.1) is 12.3 Å². The second-order valence-corrected chi connectivity index (χ2v) is 4.84. The summed E-state index contributed by atoms with van der Waals surface area (Å²) < 4.78 is 16.6. The molecule has 1 aliphatic heterocycles. The minimum absolute atomic E-state index is 0.114. The number of terminal acetylenes is 1. The van der Waals surface area contributed by atoms with Crippen LogP contribution in [-0.4, -0.2) is 19.4 Å². The van der Waals surface area contributed by atoms with Crippen LogP contribution in [0.4, 0.5) is 0 Å². The van der Waals surface area contributed by atoms with Crippen LogP contribution in [0.1, 0.15) is 31.7 Å². The summed E-state index contributed by atoms with van der Waals surface area (Å²) in [6.45, 7) is 2.93. The van der Waals surface area contributed by atoms with E-state index >= 15 is 0 Å². The molecule has 1 atom stereocenters. The summed E-state index contributed by atoms with van der Waals surface area (Å²) in [5.41, 5.74) is 7.10. The van der Waals surface area contributed by atoms with Crippen LogP contribution in [0.25, 0.3) is 0 Å². The lowest BCUT2D eigenvalue weighted by atomic mass is 10.0. The third-order valence-electron chi connectivity index (χ3n) is 3.29. The molecule has 0 saturated heterocycles. The summed E-state index contributed by atoms with van der Waals surface area (Å²) in [4.78, 5) is 0. The molecule has 0 bridgehead atoms. The highest BCUT2D eigenvalue weighted by atomic mass is 16.7. The van der Waals surface area contributed by atoms with Gasteiger partial charge in [-0.15, -0.1) is 12.3 Å². The highest BCUT2D eigenvalue weighted by molar-refractivity contribution is 5.52. The first-order valence-corrected chi connectivity index (χ1v) is 6.99. The quantitative estimate of drug-likeness (QED) is 0.613. The Bertz CT molecular complexity index is 493. The fraction of sp³-hybridized carbons (Fsp3) is 0.500. The molecule has 0 aromatic heterocycles. The van der Waals surface area contributed by atoms with Crippen LogP contribution >= 0.6 is 0 Å². The van der Waals surface area contributed by atoms with Crippen LogP contribution in [-0.2, 0) is 6.42 Å². The van der Waals surface area contributed by atoms with Crippen molar-refractivity contribution in [2.24, 2.45) is 5.73 Å². The van der Waals surface area contributed by atoms with E-state index in [0.29, 0.717) is 13.0 Å². The molecule has 2 rings (SSSR count). The van der Waals surface area contributed by atoms with Crippen molar-refractivity contribution in [1.29, 1.82) is 0 Å². The second kappa shape index (κ2) is 7.06. The van der Waals surface area contributed by atoms with Gasteiger partial charge in [0.1, 0.15) is 5.75 Å². The number of hydrogen-bond acceptors (Lipinski definition) is 4. The lowest BCUT2D eigenvalue weighted by Gasteiger charge is -2.15. The Kier molecular flexibility index (Phi) is 5.14. The molecule has 0 saturated carbocycles. The average molecular weight is 275 g/mol. The largest absolute Gasteiger partial charge is 0.493 e. The molecule has 20 heavy (non-hydrogen) atoms. The van der Waals surface area contributed by atoms with Gasteiger partial charge in [-0.2, -0.15) is 0 Å². The predicted octanol–water partition coefficient (Wildman–Crippen LogP) is 2.49. The Labute approximate surface area is 120 Å². The lowest BCUT2D eigenvalue weighted by molar-refractivity contribution is 0.173. The van der Waals surface area contributed by atoms with Gasteiger partial charge < -0.3 is 19.9 Å². The van der Waals surface area contributed by atoms with Gasteiger partial charge in [-0.05, 0) is 30.9 Å². The zero-order valence-electron chi connectivity index (χ0n) is 11.9. The van der Waals surface area contributed by atoms with Crippen LogP contribution < -0.4 is 19.9 Å². The van der Waals surface area contributed by atoms with Crippen molar-refractivity contribution in [3.8, 4) is 29.6 Å². The number of hydrogen-bond donors (Lipinski definition) is 1. The van der Waals surface area contributed by atoms with Crippen molar-refractivity contribution < 1.29 is 14.2 Å².